The summed E-state index contributed by atoms with van der Waals surface area (Å²) in [6.45, 7) is 2.27. The lowest BCUT2D eigenvalue weighted by atomic mass is 10.2. The predicted octanol–water partition coefficient (Wildman–Crippen LogP) is 1.09. The molecule has 0 N–H and O–H groups in total. The van der Waals surface area contributed by atoms with E-state index in [0.717, 1.165) is 12.8 Å². The molecule has 0 spiro atoms. The second-order valence-electron chi connectivity index (χ2n) is 5.64. The molecule has 0 amide bonds. The zero-order valence-electron chi connectivity index (χ0n) is 13.8. The summed E-state index contributed by atoms with van der Waals surface area (Å²) >= 11 is 0. The molecule has 8 nitrogen and oxygen atoms in total. The predicted molar refractivity (Wildman–Crippen MR) is 79.3 cm³/mol. The van der Waals surface area contributed by atoms with Gasteiger partial charge in [-0.3, -0.25) is 14.5 Å². The molecule has 1 aliphatic carbocycles. The molecule has 0 bridgehead atoms. The molecule has 1 aromatic rings. The molecule has 1 atom stereocenters. The lowest BCUT2D eigenvalue weighted by Gasteiger charge is -2.25. The average molecular weight is 325 g/mol. The Labute approximate surface area is 135 Å². The van der Waals surface area contributed by atoms with Crippen LogP contribution in [0.2, 0.25) is 0 Å². The van der Waals surface area contributed by atoms with Crippen molar-refractivity contribution in [3.05, 3.63) is 11.7 Å². The summed E-state index contributed by atoms with van der Waals surface area (Å²) in [5.41, 5.74) is 0. The minimum atomic E-state index is -0.339. The maximum absolute atomic E-state index is 11.7. The van der Waals surface area contributed by atoms with Crippen LogP contribution >= 0.6 is 0 Å². The molecule has 1 heterocycles. The number of aryl methyl sites for hydroxylation is 1. The molecule has 0 saturated heterocycles. The standard InChI is InChI=1S/C15H23N3O5/c1-10(15(20)22-3)18(11-7-8-11)9-12-16-13(23-17-12)5-4-6-14(19)21-2/h10-11H,4-9H2,1-3H3/t10-/m1/s1. The first-order chi connectivity index (χ1) is 11.0. The third-order valence-electron chi connectivity index (χ3n) is 3.89. The molecule has 1 aromatic heterocycles. The topological polar surface area (TPSA) is 94.8 Å². The molecule has 0 aliphatic heterocycles. The smallest absolute Gasteiger partial charge is 0.322 e. The first-order valence-electron chi connectivity index (χ1n) is 7.77. The van der Waals surface area contributed by atoms with E-state index in [2.05, 4.69) is 14.9 Å². The van der Waals surface area contributed by atoms with E-state index in [1.54, 1.807) is 0 Å². The SMILES string of the molecule is COC(=O)CCCc1nc(CN(C2CC2)[C@H](C)C(=O)OC)no1. The summed E-state index contributed by atoms with van der Waals surface area (Å²) in [5, 5.41) is 3.96. The van der Waals surface area contributed by atoms with Gasteiger partial charge in [0.15, 0.2) is 5.82 Å². The van der Waals surface area contributed by atoms with Gasteiger partial charge in [-0.25, -0.2) is 0 Å². The quantitative estimate of drug-likeness (QED) is 0.623. The van der Waals surface area contributed by atoms with Gasteiger partial charge in [0.2, 0.25) is 5.89 Å². The summed E-state index contributed by atoms with van der Waals surface area (Å²) in [5.74, 6) is 0.515. The van der Waals surface area contributed by atoms with E-state index in [9.17, 15) is 9.59 Å². The maximum Gasteiger partial charge on any atom is 0.322 e. The van der Waals surface area contributed by atoms with E-state index >= 15 is 0 Å². The Balaban J connectivity index is 1.88. The fourth-order valence-electron chi connectivity index (χ4n) is 2.40. The Morgan fingerprint density at radius 3 is 2.70 bits per heavy atom. The van der Waals surface area contributed by atoms with E-state index in [0.29, 0.717) is 43.6 Å². The van der Waals surface area contributed by atoms with Crippen LogP contribution in [0.15, 0.2) is 4.52 Å². The van der Waals surface area contributed by atoms with Crippen molar-refractivity contribution in [1.82, 2.24) is 15.0 Å². The van der Waals surface area contributed by atoms with Crippen molar-refractivity contribution in [1.29, 1.82) is 0 Å². The number of methoxy groups -OCH3 is 2. The molecule has 23 heavy (non-hydrogen) atoms. The van der Waals surface area contributed by atoms with Gasteiger partial charge in [0.25, 0.3) is 0 Å². The van der Waals surface area contributed by atoms with Crippen molar-refractivity contribution in [2.45, 2.75) is 57.7 Å². The first-order valence-corrected chi connectivity index (χ1v) is 7.77. The van der Waals surface area contributed by atoms with Gasteiger partial charge in [0, 0.05) is 18.9 Å². The Hall–Kier alpha value is -1.96. The lowest BCUT2D eigenvalue weighted by molar-refractivity contribution is -0.147. The highest BCUT2D eigenvalue weighted by Gasteiger charge is 2.36. The summed E-state index contributed by atoms with van der Waals surface area (Å²) in [6, 6.07) is 0.0270. The van der Waals surface area contributed by atoms with Crippen molar-refractivity contribution in [3.63, 3.8) is 0 Å². The number of ether oxygens (including phenoxy) is 2. The van der Waals surface area contributed by atoms with Gasteiger partial charge < -0.3 is 14.0 Å². The van der Waals surface area contributed by atoms with Crippen LogP contribution in [0.1, 0.15) is 44.3 Å². The van der Waals surface area contributed by atoms with Gasteiger partial charge >= 0.3 is 11.9 Å². The third-order valence-corrected chi connectivity index (χ3v) is 3.89. The molecule has 0 unspecified atom stereocenters. The van der Waals surface area contributed by atoms with Crippen LogP contribution in [0, 0.1) is 0 Å². The van der Waals surface area contributed by atoms with E-state index in [1.165, 1.54) is 14.2 Å². The number of carbonyl (C=O) groups is 2. The number of esters is 2. The number of aromatic nitrogens is 2. The van der Waals surface area contributed by atoms with Gasteiger partial charge in [-0.2, -0.15) is 4.98 Å². The zero-order chi connectivity index (χ0) is 16.8. The van der Waals surface area contributed by atoms with E-state index < -0.39 is 0 Å². The van der Waals surface area contributed by atoms with Crippen LogP contribution in [0.4, 0.5) is 0 Å². The highest BCUT2D eigenvalue weighted by Crippen LogP contribution is 2.30. The van der Waals surface area contributed by atoms with Crippen LogP contribution in [0.5, 0.6) is 0 Å². The fraction of sp³-hybridized carbons (Fsp3) is 0.733. The van der Waals surface area contributed by atoms with Gasteiger partial charge in [0.05, 0.1) is 20.8 Å². The molecule has 0 aromatic carbocycles. The Kier molecular flexibility index (Phi) is 6.09. The zero-order valence-corrected chi connectivity index (χ0v) is 13.8. The van der Waals surface area contributed by atoms with Gasteiger partial charge in [-0.05, 0) is 26.2 Å². The van der Waals surface area contributed by atoms with E-state index in [1.807, 2.05) is 11.8 Å². The number of hydrogen-bond donors (Lipinski definition) is 0. The lowest BCUT2D eigenvalue weighted by Crippen LogP contribution is -2.41. The van der Waals surface area contributed by atoms with Gasteiger partial charge in [-0.15, -0.1) is 0 Å². The number of rotatable bonds is 9. The Morgan fingerprint density at radius 1 is 1.35 bits per heavy atom. The Bertz CT molecular complexity index is 541. The average Bonchev–Trinajstić information content (AvgIpc) is 3.31. The van der Waals surface area contributed by atoms with Crippen LogP contribution in [-0.2, 0) is 32.0 Å². The molecular formula is C15H23N3O5. The third kappa shape index (κ3) is 5.02. The summed E-state index contributed by atoms with van der Waals surface area (Å²) in [7, 11) is 2.75. The minimum Gasteiger partial charge on any atom is -0.469 e. The molecule has 1 aliphatic rings. The molecule has 1 saturated carbocycles. The van der Waals surface area contributed by atoms with Crippen LogP contribution < -0.4 is 0 Å². The van der Waals surface area contributed by atoms with Crippen molar-refractivity contribution < 1.29 is 23.6 Å². The van der Waals surface area contributed by atoms with Crippen molar-refractivity contribution in [2.75, 3.05) is 14.2 Å². The van der Waals surface area contributed by atoms with Crippen LogP contribution in [-0.4, -0.2) is 53.3 Å². The largest absolute Gasteiger partial charge is 0.469 e. The number of hydrogen-bond acceptors (Lipinski definition) is 8. The minimum absolute atomic E-state index is 0.253. The number of carbonyl (C=O) groups excluding carboxylic acids is 2. The molecule has 1 fully saturated rings. The highest BCUT2D eigenvalue weighted by atomic mass is 16.5. The van der Waals surface area contributed by atoms with E-state index in [4.69, 9.17) is 9.26 Å². The normalized spacial score (nSPS) is 15.5. The fourth-order valence-corrected chi connectivity index (χ4v) is 2.40. The Morgan fingerprint density at radius 2 is 2.09 bits per heavy atom. The monoisotopic (exact) mass is 325 g/mol. The van der Waals surface area contributed by atoms with Gasteiger partial charge in [-0.1, -0.05) is 5.16 Å². The molecule has 128 valence electrons. The highest BCUT2D eigenvalue weighted by molar-refractivity contribution is 5.75. The second-order valence-corrected chi connectivity index (χ2v) is 5.64. The van der Waals surface area contributed by atoms with Crippen molar-refractivity contribution in [2.24, 2.45) is 0 Å². The summed E-state index contributed by atoms with van der Waals surface area (Å²) in [4.78, 5) is 29.2. The maximum atomic E-state index is 11.7. The number of nitrogens with zero attached hydrogens (tertiary/aromatic N) is 3. The first kappa shape index (κ1) is 17.4. The summed E-state index contributed by atoms with van der Waals surface area (Å²) in [6.07, 6.45) is 3.56. The van der Waals surface area contributed by atoms with Gasteiger partial charge in [0.1, 0.15) is 6.04 Å². The van der Waals surface area contributed by atoms with Crippen LogP contribution in [0.3, 0.4) is 0 Å². The molecule has 0 radical (unpaired) electrons. The van der Waals surface area contributed by atoms with Crippen LogP contribution in [0.25, 0.3) is 0 Å². The van der Waals surface area contributed by atoms with Crippen molar-refractivity contribution >= 4 is 11.9 Å². The molecular weight excluding hydrogens is 302 g/mol. The molecule has 2 rings (SSSR count). The molecule has 8 heteroatoms. The second kappa shape index (κ2) is 8.05. The summed E-state index contributed by atoms with van der Waals surface area (Å²) < 4.78 is 14.6. The van der Waals surface area contributed by atoms with E-state index in [-0.39, 0.29) is 18.0 Å². The van der Waals surface area contributed by atoms with Crippen molar-refractivity contribution in [3.8, 4) is 0 Å².